The van der Waals surface area contributed by atoms with Gasteiger partial charge in [0.2, 0.25) is 0 Å². The van der Waals surface area contributed by atoms with E-state index in [1.807, 2.05) is 50.2 Å². The predicted molar refractivity (Wildman–Crippen MR) is 103 cm³/mol. The van der Waals surface area contributed by atoms with E-state index in [1.165, 1.54) is 6.20 Å². The van der Waals surface area contributed by atoms with Crippen LogP contribution in [0.15, 0.2) is 59.3 Å². The van der Waals surface area contributed by atoms with Crippen molar-refractivity contribution in [3.05, 3.63) is 76.2 Å². The highest BCUT2D eigenvalue weighted by Gasteiger charge is 2.10. The number of aromatic nitrogens is 2. The Morgan fingerprint density at radius 2 is 1.80 bits per heavy atom. The van der Waals surface area contributed by atoms with Crippen LogP contribution in [0.3, 0.4) is 0 Å². The number of nitrogens with zero attached hydrogens (tertiary/aromatic N) is 2. The number of para-hydroxylation sites is 1. The number of carbonyl (C=O) groups excluding carboxylic acids is 1. The Morgan fingerprint density at radius 1 is 1.00 bits per heavy atom. The van der Waals surface area contributed by atoms with E-state index in [9.17, 15) is 4.79 Å². The van der Waals surface area contributed by atoms with Gasteiger partial charge in [0.1, 0.15) is 11.5 Å². The lowest BCUT2D eigenvalue weighted by Gasteiger charge is -2.10. The Morgan fingerprint density at radius 3 is 2.52 bits per heavy atom. The summed E-state index contributed by atoms with van der Waals surface area (Å²) >= 11 is 3.40. The molecule has 2 N–H and O–H groups in total. The molecular weight excluding hydrogens is 380 g/mol. The lowest BCUT2D eigenvalue weighted by atomic mass is 10.1. The molecule has 0 spiro atoms. The summed E-state index contributed by atoms with van der Waals surface area (Å²) < 4.78 is 0.810. The molecule has 3 aromatic rings. The monoisotopic (exact) mass is 396 g/mol. The Labute approximate surface area is 154 Å². The molecule has 2 aromatic carbocycles. The first-order valence-electron chi connectivity index (χ1n) is 7.75. The van der Waals surface area contributed by atoms with Gasteiger partial charge in [0.05, 0.1) is 18.1 Å². The summed E-state index contributed by atoms with van der Waals surface area (Å²) in [4.78, 5) is 20.8. The maximum absolute atomic E-state index is 12.3. The molecule has 0 aliphatic heterocycles. The molecule has 126 valence electrons. The van der Waals surface area contributed by atoms with Gasteiger partial charge in [-0.05, 0) is 59.1 Å². The summed E-state index contributed by atoms with van der Waals surface area (Å²) in [6.45, 7) is 4.06. The standard InChI is InChI=1S/C19H17BrN4O/c1-12-7-8-13(2)16(9-12)23-18-11-21-17(10-22-18)19(25)24-15-6-4-3-5-14(15)20/h3-11H,1-2H3,(H,22,23)(H,24,25). The second-order valence-corrected chi connectivity index (χ2v) is 6.52. The number of benzene rings is 2. The number of nitrogens with one attached hydrogen (secondary N) is 2. The molecule has 5 nitrogen and oxygen atoms in total. The number of amides is 1. The Balaban J connectivity index is 1.72. The molecule has 1 heterocycles. The maximum atomic E-state index is 12.3. The lowest BCUT2D eigenvalue weighted by Crippen LogP contribution is -2.14. The lowest BCUT2D eigenvalue weighted by molar-refractivity contribution is 0.102. The number of anilines is 3. The molecule has 0 aliphatic carbocycles. The summed E-state index contributed by atoms with van der Waals surface area (Å²) in [5.74, 6) is 0.281. The fourth-order valence-corrected chi connectivity index (χ4v) is 2.65. The molecule has 0 saturated carbocycles. The van der Waals surface area contributed by atoms with Crippen LogP contribution in [0.4, 0.5) is 17.2 Å². The number of aryl methyl sites for hydroxylation is 2. The molecule has 0 saturated heterocycles. The number of halogens is 1. The summed E-state index contributed by atoms with van der Waals surface area (Å²) in [5, 5.41) is 6.03. The quantitative estimate of drug-likeness (QED) is 0.661. The largest absolute Gasteiger partial charge is 0.339 e. The summed E-state index contributed by atoms with van der Waals surface area (Å²) in [6, 6.07) is 13.6. The van der Waals surface area contributed by atoms with Gasteiger partial charge in [-0.25, -0.2) is 9.97 Å². The van der Waals surface area contributed by atoms with Crippen LogP contribution in [0.5, 0.6) is 0 Å². The van der Waals surface area contributed by atoms with Crippen LogP contribution in [0.2, 0.25) is 0 Å². The molecule has 3 rings (SSSR count). The van der Waals surface area contributed by atoms with Crippen molar-refractivity contribution in [1.29, 1.82) is 0 Å². The van der Waals surface area contributed by atoms with Gasteiger partial charge >= 0.3 is 0 Å². The predicted octanol–water partition coefficient (Wildman–Crippen LogP) is 4.85. The number of hydrogen-bond donors (Lipinski definition) is 2. The fourth-order valence-electron chi connectivity index (χ4n) is 2.27. The smallest absolute Gasteiger partial charge is 0.275 e. The van der Waals surface area contributed by atoms with Crippen LogP contribution in [-0.2, 0) is 0 Å². The van der Waals surface area contributed by atoms with Gasteiger partial charge < -0.3 is 10.6 Å². The Kier molecular flexibility index (Phi) is 5.09. The zero-order chi connectivity index (χ0) is 17.8. The molecule has 1 aromatic heterocycles. The third-order valence-electron chi connectivity index (χ3n) is 3.66. The first kappa shape index (κ1) is 17.1. The third-order valence-corrected chi connectivity index (χ3v) is 4.35. The van der Waals surface area contributed by atoms with Crippen molar-refractivity contribution < 1.29 is 4.79 Å². The Bertz CT molecular complexity index is 910. The van der Waals surface area contributed by atoms with E-state index in [1.54, 1.807) is 6.20 Å². The normalized spacial score (nSPS) is 10.4. The van der Waals surface area contributed by atoms with E-state index < -0.39 is 0 Å². The van der Waals surface area contributed by atoms with Crippen LogP contribution in [0.25, 0.3) is 0 Å². The minimum absolute atomic E-state index is 0.252. The maximum Gasteiger partial charge on any atom is 0.275 e. The molecule has 0 aliphatic rings. The van der Waals surface area contributed by atoms with Crippen molar-refractivity contribution in [3.8, 4) is 0 Å². The van der Waals surface area contributed by atoms with Crippen LogP contribution in [-0.4, -0.2) is 15.9 Å². The first-order valence-corrected chi connectivity index (χ1v) is 8.54. The molecule has 0 fully saturated rings. The third kappa shape index (κ3) is 4.22. The molecule has 25 heavy (non-hydrogen) atoms. The van der Waals surface area contributed by atoms with Crippen LogP contribution in [0, 0.1) is 13.8 Å². The van der Waals surface area contributed by atoms with Crippen molar-refractivity contribution in [2.24, 2.45) is 0 Å². The van der Waals surface area contributed by atoms with Crippen molar-refractivity contribution >= 4 is 39.0 Å². The van der Waals surface area contributed by atoms with Crippen molar-refractivity contribution in [2.45, 2.75) is 13.8 Å². The van der Waals surface area contributed by atoms with E-state index >= 15 is 0 Å². The van der Waals surface area contributed by atoms with Crippen LogP contribution >= 0.6 is 15.9 Å². The zero-order valence-corrected chi connectivity index (χ0v) is 15.5. The number of carbonyl (C=O) groups is 1. The fraction of sp³-hybridized carbons (Fsp3) is 0.105. The minimum Gasteiger partial charge on any atom is -0.339 e. The molecule has 0 radical (unpaired) electrons. The first-order chi connectivity index (χ1) is 12.0. The SMILES string of the molecule is Cc1ccc(C)c(Nc2cnc(C(=O)Nc3ccccc3Br)cn2)c1. The highest BCUT2D eigenvalue weighted by molar-refractivity contribution is 9.10. The van der Waals surface area contributed by atoms with Gasteiger partial charge in [-0.3, -0.25) is 4.79 Å². The van der Waals surface area contributed by atoms with E-state index in [0.29, 0.717) is 11.5 Å². The van der Waals surface area contributed by atoms with Crippen LogP contribution < -0.4 is 10.6 Å². The highest BCUT2D eigenvalue weighted by atomic mass is 79.9. The van der Waals surface area contributed by atoms with Gasteiger partial charge in [0, 0.05) is 10.2 Å². The highest BCUT2D eigenvalue weighted by Crippen LogP contribution is 2.22. The van der Waals surface area contributed by atoms with Gasteiger partial charge in [-0.2, -0.15) is 0 Å². The van der Waals surface area contributed by atoms with Gasteiger partial charge in [0.15, 0.2) is 0 Å². The minimum atomic E-state index is -0.308. The molecule has 0 bridgehead atoms. The van der Waals surface area contributed by atoms with Crippen LogP contribution in [0.1, 0.15) is 21.6 Å². The van der Waals surface area contributed by atoms with Gasteiger partial charge in [0.25, 0.3) is 5.91 Å². The molecule has 6 heteroatoms. The Hall–Kier alpha value is -2.73. The number of hydrogen-bond acceptors (Lipinski definition) is 4. The van der Waals surface area contributed by atoms with E-state index in [0.717, 1.165) is 21.3 Å². The summed E-state index contributed by atoms with van der Waals surface area (Å²) in [7, 11) is 0. The second-order valence-electron chi connectivity index (χ2n) is 5.66. The van der Waals surface area contributed by atoms with E-state index in [-0.39, 0.29) is 11.6 Å². The van der Waals surface area contributed by atoms with E-state index in [2.05, 4.69) is 42.6 Å². The van der Waals surface area contributed by atoms with Gasteiger partial charge in [-0.1, -0.05) is 24.3 Å². The summed E-state index contributed by atoms with van der Waals surface area (Å²) in [6.07, 6.45) is 3.01. The summed E-state index contributed by atoms with van der Waals surface area (Å²) in [5.41, 5.74) is 4.18. The average molecular weight is 397 g/mol. The van der Waals surface area contributed by atoms with Crippen molar-refractivity contribution in [3.63, 3.8) is 0 Å². The molecule has 0 unspecified atom stereocenters. The molecular formula is C19H17BrN4O. The average Bonchev–Trinajstić information content (AvgIpc) is 2.61. The van der Waals surface area contributed by atoms with Gasteiger partial charge in [-0.15, -0.1) is 0 Å². The molecule has 0 atom stereocenters. The van der Waals surface area contributed by atoms with Crippen molar-refractivity contribution in [1.82, 2.24) is 9.97 Å². The second kappa shape index (κ2) is 7.44. The van der Waals surface area contributed by atoms with E-state index in [4.69, 9.17) is 0 Å². The number of rotatable bonds is 4. The molecule has 1 amide bonds. The van der Waals surface area contributed by atoms with Crippen molar-refractivity contribution in [2.75, 3.05) is 10.6 Å². The topological polar surface area (TPSA) is 66.9 Å². The zero-order valence-electron chi connectivity index (χ0n) is 13.9.